The molecule has 0 fully saturated rings. The number of aromatic nitrogens is 2. The van der Waals surface area contributed by atoms with Gasteiger partial charge in [0.25, 0.3) is 0 Å². The van der Waals surface area contributed by atoms with Gasteiger partial charge in [-0.2, -0.15) is 0 Å². The van der Waals surface area contributed by atoms with Gasteiger partial charge < -0.3 is 9.88 Å². The van der Waals surface area contributed by atoms with Gasteiger partial charge in [-0.05, 0) is 13.8 Å². The van der Waals surface area contributed by atoms with E-state index in [-0.39, 0.29) is 5.54 Å². The van der Waals surface area contributed by atoms with Crippen molar-refractivity contribution in [3.8, 4) is 0 Å². The monoisotopic (exact) mass is 151 g/mol. The summed E-state index contributed by atoms with van der Waals surface area (Å²) in [7, 11) is 0. The van der Waals surface area contributed by atoms with Crippen molar-refractivity contribution in [2.75, 3.05) is 6.54 Å². The highest BCUT2D eigenvalue weighted by Crippen LogP contribution is 2.20. The van der Waals surface area contributed by atoms with Crippen molar-refractivity contribution < 1.29 is 0 Å². The highest BCUT2D eigenvalue weighted by Gasteiger charge is 2.27. The Balaban J connectivity index is 2.48. The van der Waals surface area contributed by atoms with E-state index in [4.69, 9.17) is 0 Å². The van der Waals surface area contributed by atoms with E-state index in [9.17, 15) is 0 Å². The van der Waals surface area contributed by atoms with Crippen molar-refractivity contribution in [2.45, 2.75) is 25.9 Å². The van der Waals surface area contributed by atoms with Gasteiger partial charge in [0.2, 0.25) is 0 Å². The summed E-state index contributed by atoms with van der Waals surface area (Å²) in [6.45, 7) is 6.39. The van der Waals surface area contributed by atoms with Crippen LogP contribution >= 0.6 is 0 Å². The van der Waals surface area contributed by atoms with Crippen molar-refractivity contribution in [2.24, 2.45) is 0 Å². The van der Waals surface area contributed by atoms with Crippen LogP contribution in [-0.4, -0.2) is 16.1 Å². The van der Waals surface area contributed by atoms with Crippen LogP contribution < -0.4 is 5.32 Å². The van der Waals surface area contributed by atoms with Crippen molar-refractivity contribution in [1.29, 1.82) is 0 Å². The molecule has 0 spiro atoms. The maximum Gasteiger partial charge on any atom is 0.128 e. The molecular formula is C8H13N3. The van der Waals surface area contributed by atoms with Gasteiger partial charge in [0.05, 0.1) is 5.54 Å². The van der Waals surface area contributed by atoms with Gasteiger partial charge in [0.1, 0.15) is 5.82 Å². The predicted molar refractivity (Wildman–Crippen MR) is 43.3 cm³/mol. The first-order chi connectivity index (χ1) is 5.20. The van der Waals surface area contributed by atoms with Crippen LogP contribution in [0.25, 0.3) is 0 Å². The number of nitrogens with zero attached hydrogens (tertiary/aromatic N) is 2. The van der Waals surface area contributed by atoms with E-state index >= 15 is 0 Å². The lowest BCUT2D eigenvalue weighted by molar-refractivity contribution is 0.316. The minimum Gasteiger partial charge on any atom is -0.332 e. The van der Waals surface area contributed by atoms with Gasteiger partial charge in [-0.1, -0.05) is 0 Å². The molecule has 1 aromatic heterocycles. The first-order valence-corrected chi connectivity index (χ1v) is 3.97. The van der Waals surface area contributed by atoms with E-state index in [1.54, 1.807) is 0 Å². The minimum absolute atomic E-state index is 0.0434. The van der Waals surface area contributed by atoms with Gasteiger partial charge >= 0.3 is 0 Å². The Bertz CT molecular complexity index is 262. The van der Waals surface area contributed by atoms with Crippen molar-refractivity contribution in [1.82, 2.24) is 14.9 Å². The summed E-state index contributed by atoms with van der Waals surface area (Å²) in [5.41, 5.74) is 0.0434. The molecule has 0 atom stereocenters. The number of rotatable bonds is 0. The molecule has 0 aliphatic carbocycles. The Hall–Kier alpha value is -0.830. The lowest BCUT2D eigenvalue weighted by atomic mass is 10.0. The second kappa shape index (κ2) is 2.08. The molecule has 0 saturated heterocycles. The quantitative estimate of drug-likeness (QED) is 0.592. The van der Waals surface area contributed by atoms with Crippen molar-refractivity contribution in [3.63, 3.8) is 0 Å². The highest BCUT2D eigenvalue weighted by atomic mass is 15.2. The fourth-order valence-corrected chi connectivity index (χ4v) is 1.60. The molecular weight excluding hydrogens is 138 g/mol. The van der Waals surface area contributed by atoms with Gasteiger partial charge in [0.15, 0.2) is 0 Å². The van der Waals surface area contributed by atoms with Crippen LogP contribution in [0.1, 0.15) is 19.7 Å². The van der Waals surface area contributed by atoms with Crippen LogP contribution in [0.15, 0.2) is 12.4 Å². The Morgan fingerprint density at radius 2 is 2.45 bits per heavy atom. The fourth-order valence-electron chi connectivity index (χ4n) is 1.60. The van der Waals surface area contributed by atoms with Gasteiger partial charge in [-0.3, -0.25) is 0 Å². The zero-order valence-electron chi connectivity index (χ0n) is 6.96. The Labute approximate surface area is 66.4 Å². The first-order valence-electron chi connectivity index (χ1n) is 3.97. The molecule has 11 heavy (non-hydrogen) atoms. The molecule has 2 rings (SSSR count). The Kier molecular flexibility index (Phi) is 1.29. The molecule has 1 N–H and O–H groups in total. The van der Waals surface area contributed by atoms with Gasteiger partial charge in [-0.25, -0.2) is 4.98 Å². The highest BCUT2D eigenvalue weighted by molar-refractivity contribution is 5.07. The summed E-state index contributed by atoms with van der Waals surface area (Å²) in [6, 6.07) is 0. The molecule has 1 aromatic rings. The standard InChI is InChI=1S/C8H13N3/c1-8(2)7-9-3-5-11(7)6-4-10-8/h3,5,10H,4,6H2,1-2H3. The molecule has 3 heteroatoms. The molecule has 0 amide bonds. The summed E-state index contributed by atoms with van der Waals surface area (Å²) >= 11 is 0. The molecule has 2 heterocycles. The van der Waals surface area contributed by atoms with Gasteiger partial charge in [0, 0.05) is 25.5 Å². The fraction of sp³-hybridized carbons (Fsp3) is 0.625. The summed E-state index contributed by atoms with van der Waals surface area (Å²) in [5.74, 6) is 1.14. The number of hydrogen-bond acceptors (Lipinski definition) is 2. The van der Waals surface area contributed by atoms with E-state index in [0.29, 0.717) is 0 Å². The largest absolute Gasteiger partial charge is 0.332 e. The van der Waals surface area contributed by atoms with E-state index in [1.807, 2.05) is 12.4 Å². The van der Waals surface area contributed by atoms with Gasteiger partial charge in [-0.15, -0.1) is 0 Å². The maximum absolute atomic E-state index is 4.31. The van der Waals surface area contributed by atoms with E-state index in [1.165, 1.54) is 0 Å². The Morgan fingerprint density at radius 1 is 1.64 bits per heavy atom. The van der Waals surface area contributed by atoms with Crippen LogP contribution in [0.5, 0.6) is 0 Å². The third kappa shape index (κ3) is 0.959. The lowest BCUT2D eigenvalue weighted by Crippen LogP contribution is -2.45. The number of imidazole rings is 1. The first kappa shape index (κ1) is 6.85. The lowest BCUT2D eigenvalue weighted by Gasteiger charge is -2.31. The maximum atomic E-state index is 4.31. The van der Waals surface area contributed by atoms with Crippen LogP contribution in [0.3, 0.4) is 0 Å². The average molecular weight is 151 g/mol. The molecule has 0 unspecified atom stereocenters. The van der Waals surface area contributed by atoms with Crippen LogP contribution in [-0.2, 0) is 12.1 Å². The Morgan fingerprint density at radius 3 is 3.18 bits per heavy atom. The molecule has 1 aliphatic heterocycles. The second-order valence-corrected chi connectivity index (χ2v) is 3.50. The summed E-state index contributed by atoms with van der Waals surface area (Å²) < 4.78 is 2.20. The summed E-state index contributed by atoms with van der Waals surface area (Å²) in [6.07, 6.45) is 3.90. The molecule has 60 valence electrons. The second-order valence-electron chi connectivity index (χ2n) is 3.50. The van der Waals surface area contributed by atoms with Crippen LogP contribution in [0.2, 0.25) is 0 Å². The van der Waals surface area contributed by atoms with E-state index in [2.05, 4.69) is 28.7 Å². The van der Waals surface area contributed by atoms with Crippen molar-refractivity contribution in [3.05, 3.63) is 18.2 Å². The predicted octanol–water partition coefficient (Wildman–Crippen LogP) is 0.721. The molecule has 0 bridgehead atoms. The average Bonchev–Trinajstić information content (AvgIpc) is 2.34. The molecule has 0 radical (unpaired) electrons. The minimum atomic E-state index is 0.0434. The third-order valence-corrected chi connectivity index (χ3v) is 2.19. The smallest absolute Gasteiger partial charge is 0.128 e. The molecule has 0 saturated carbocycles. The molecule has 0 aromatic carbocycles. The zero-order valence-corrected chi connectivity index (χ0v) is 6.96. The van der Waals surface area contributed by atoms with Crippen molar-refractivity contribution >= 4 is 0 Å². The zero-order chi connectivity index (χ0) is 7.90. The third-order valence-electron chi connectivity index (χ3n) is 2.19. The van der Waals surface area contributed by atoms with E-state index in [0.717, 1.165) is 18.9 Å². The number of nitrogens with one attached hydrogen (secondary N) is 1. The van der Waals surface area contributed by atoms with Crippen LogP contribution in [0, 0.1) is 0 Å². The topological polar surface area (TPSA) is 29.9 Å². The summed E-state index contributed by atoms with van der Waals surface area (Å²) in [4.78, 5) is 4.31. The van der Waals surface area contributed by atoms with E-state index < -0.39 is 0 Å². The molecule has 1 aliphatic rings. The molecule has 3 nitrogen and oxygen atoms in total. The normalized spacial score (nSPS) is 21.3. The number of hydrogen-bond donors (Lipinski definition) is 1. The van der Waals surface area contributed by atoms with Crippen LogP contribution in [0.4, 0.5) is 0 Å². The summed E-state index contributed by atoms with van der Waals surface area (Å²) in [5, 5.41) is 3.42. The SMILES string of the molecule is CC1(C)NCCn2ccnc21. The number of fused-ring (bicyclic) bond motifs is 1.